The average Bonchev–Trinajstić information content (AvgIpc) is 2.27. The van der Waals surface area contributed by atoms with Gasteiger partial charge in [0.05, 0.1) is 5.69 Å². The normalized spacial score (nSPS) is 10.5. The predicted octanol–water partition coefficient (Wildman–Crippen LogP) is 2.40. The molecule has 2 rings (SSSR count). The molecule has 0 fully saturated rings. The Labute approximate surface area is 87.7 Å². The first-order chi connectivity index (χ1) is 7.26. The summed E-state index contributed by atoms with van der Waals surface area (Å²) in [6.45, 7) is 1.94. The van der Waals surface area contributed by atoms with Crippen LogP contribution in [-0.4, -0.2) is 7.05 Å². The predicted molar refractivity (Wildman–Crippen MR) is 61.4 cm³/mol. The highest BCUT2D eigenvalue weighted by Gasteiger charge is 2.06. The second-order valence-electron chi connectivity index (χ2n) is 3.39. The number of benzene rings is 1. The van der Waals surface area contributed by atoms with Crippen molar-refractivity contribution in [1.82, 2.24) is 0 Å². The van der Waals surface area contributed by atoms with Gasteiger partial charge in [0.2, 0.25) is 0 Å². The van der Waals surface area contributed by atoms with Crippen molar-refractivity contribution < 1.29 is 4.42 Å². The topological polar surface area (TPSA) is 42.2 Å². The molecule has 1 aromatic heterocycles. The number of hydrogen-bond donors (Lipinski definition) is 1. The van der Waals surface area contributed by atoms with Crippen molar-refractivity contribution in [2.45, 2.75) is 13.3 Å². The van der Waals surface area contributed by atoms with E-state index in [9.17, 15) is 4.79 Å². The number of para-hydroxylation sites is 1. The third-order valence-corrected chi connectivity index (χ3v) is 2.48. The van der Waals surface area contributed by atoms with E-state index in [0.29, 0.717) is 12.0 Å². The smallest absolute Gasteiger partial charge is 0.339 e. The van der Waals surface area contributed by atoms with Gasteiger partial charge in [-0.1, -0.05) is 19.1 Å². The summed E-state index contributed by atoms with van der Waals surface area (Å²) in [5, 5.41) is 3.96. The summed E-state index contributed by atoms with van der Waals surface area (Å²) in [5.41, 5.74) is 1.94. The minimum atomic E-state index is -0.243. The summed E-state index contributed by atoms with van der Waals surface area (Å²) >= 11 is 0. The third-order valence-electron chi connectivity index (χ3n) is 2.48. The summed E-state index contributed by atoms with van der Waals surface area (Å²) in [6.07, 6.45) is 0.696. The molecule has 1 N–H and O–H groups in total. The maximum atomic E-state index is 11.5. The van der Waals surface area contributed by atoms with Gasteiger partial charge in [-0.25, -0.2) is 4.79 Å². The fourth-order valence-electron chi connectivity index (χ4n) is 1.63. The monoisotopic (exact) mass is 203 g/mol. The first-order valence-electron chi connectivity index (χ1n) is 4.99. The van der Waals surface area contributed by atoms with Gasteiger partial charge in [-0.05, 0) is 18.6 Å². The van der Waals surface area contributed by atoms with Crippen molar-refractivity contribution in [1.29, 1.82) is 0 Å². The van der Waals surface area contributed by atoms with E-state index in [1.807, 2.05) is 38.2 Å². The molecule has 0 aliphatic rings. The van der Waals surface area contributed by atoms with Gasteiger partial charge in [-0.15, -0.1) is 0 Å². The molecule has 15 heavy (non-hydrogen) atoms. The Balaban J connectivity index is 2.80. The van der Waals surface area contributed by atoms with Crippen molar-refractivity contribution in [3.05, 3.63) is 40.2 Å². The Morgan fingerprint density at radius 1 is 1.40 bits per heavy atom. The Kier molecular flexibility index (Phi) is 2.46. The minimum absolute atomic E-state index is 0.243. The summed E-state index contributed by atoms with van der Waals surface area (Å²) in [5.74, 6) is 0. The highest BCUT2D eigenvalue weighted by molar-refractivity contribution is 5.88. The van der Waals surface area contributed by atoms with Crippen LogP contribution in [0.2, 0.25) is 0 Å². The number of anilines is 1. The molecule has 78 valence electrons. The minimum Gasteiger partial charge on any atom is -0.420 e. The first kappa shape index (κ1) is 9.77. The lowest BCUT2D eigenvalue weighted by atomic mass is 10.1. The van der Waals surface area contributed by atoms with E-state index < -0.39 is 0 Å². The molecule has 0 radical (unpaired) electrons. The van der Waals surface area contributed by atoms with Crippen LogP contribution in [0.5, 0.6) is 0 Å². The van der Waals surface area contributed by atoms with E-state index in [4.69, 9.17) is 4.42 Å². The van der Waals surface area contributed by atoms with Gasteiger partial charge in [0.15, 0.2) is 5.58 Å². The number of nitrogens with one attached hydrogen (secondary N) is 1. The molecular formula is C12H13NO2. The zero-order valence-electron chi connectivity index (χ0n) is 8.83. The summed E-state index contributed by atoms with van der Waals surface area (Å²) in [4.78, 5) is 11.5. The van der Waals surface area contributed by atoms with Crippen molar-refractivity contribution in [3.63, 3.8) is 0 Å². The molecule has 0 aliphatic carbocycles. The molecule has 0 unspecified atom stereocenters. The summed E-state index contributed by atoms with van der Waals surface area (Å²) < 4.78 is 5.29. The molecule has 0 aliphatic heterocycles. The van der Waals surface area contributed by atoms with Crippen LogP contribution in [0.25, 0.3) is 11.0 Å². The zero-order valence-corrected chi connectivity index (χ0v) is 8.83. The van der Waals surface area contributed by atoms with E-state index in [1.165, 1.54) is 0 Å². The number of hydrogen-bond acceptors (Lipinski definition) is 3. The van der Waals surface area contributed by atoms with Crippen molar-refractivity contribution >= 4 is 16.7 Å². The van der Waals surface area contributed by atoms with E-state index in [2.05, 4.69) is 5.32 Å². The average molecular weight is 203 g/mol. The first-order valence-corrected chi connectivity index (χ1v) is 4.99. The molecule has 0 bridgehead atoms. The van der Waals surface area contributed by atoms with Gasteiger partial charge < -0.3 is 9.73 Å². The molecule has 0 spiro atoms. The second-order valence-corrected chi connectivity index (χ2v) is 3.39. The van der Waals surface area contributed by atoms with Gasteiger partial charge in [0, 0.05) is 18.0 Å². The van der Waals surface area contributed by atoms with Crippen LogP contribution < -0.4 is 10.9 Å². The summed E-state index contributed by atoms with van der Waals surface area (Å²) in [6, 6.07) is 7.66. The number of fused-ring (bicyclic) bond motifs is 1. The molecule has 1 aromatic carbocycles. The van der Waals surface area contributed by atoms with Crippen molar-refractivity contribution in [3.8, 4) is 0 Å². The number of rotatable bonds is 2. The quantitative estimate of drug-likeness (QED) is 0.762. The molecule has 0 atom stereocenters. The van der Waals surface area contributed by atoms with E-state index in [1.54, 1.807) is 0 Å². The van der Waals surface area contributed by atoms with E-state index >= 15 is 0 Å². The second kappa shape index (κ2) is 3.77. The molecule has 1 heterocycles. The Morgan fingerprint density at radius 3 is 2.87 bits per heavy atom. The maximum Gasteiger partial charge on any atom is 0.339 e. The molecule has 0 saturated carbocycles. The largest absolute Gasteiger partial charge is 0.420 e. The Bertz CT molecular complexity index is 543. The molecule has 0 amide bonds. The molecule has 2 aromatic rings. The standard InChI is InChI=1S/C12H13NO2/c1-3-8-7-9-5-4-6-10(13-2)11(9)15-12(8)14/h4-7,13H,3H2,1-2H3. The van der Waals surface area contributed by atoms with Gasteiger partial charge in [0.1, 0.15) is 0 Å². The SMILES string of the molecule is CCc1cc2cccc(NC)c2oc1=O. The fraction of sp³-hybridized carbons (Fsp3) is 0.250. The maximum absolute atomic E-state index is 11.5. The van der Waals surface area contributed by atoms with E-state index in [0.717, 1.165) is 16.6 Å². The van der Waals surface area contributed by atoms with Gasteiger partial charge in [-0.3, -0.25) is 0 Å². The molecule has 3 heteroatoms. The highest BCUT2D eigenvalue weighted by Crippen LogP contribution is 2.22. The Morgan fingerprint density at radius 2 is 2.20 bits per heavy atom. The number of aryl methyl sites for hydroxylation is 1. The van der Waals surface area contributed by atoms with Gasteiger partial charge >= 0.3 is 5.63 Å². The highest BCUT2D eigenvalue weighted by atomic mass is 16.4. The Hall–Kier alpha value is -1.77. The van der Waals surface area contributed by atoms with Crippen molar-refractivity contribution in [2.75, 3.05) is 12.4 Å². The molecule has 3 nitrogen and oxygen atoms in total. The van der Waals surface area contributed by atoms with Crippen LogP contribution in [0.15, 0.2) is 33.5 Å². The van der Waals surface area contributed by atoms with Crippen LogP contribution >= 0.6 is 0 Å². The van der Waals surface area contributed by atoms with Crippen molar-refractivity contribution in [2.24, 2.45) is 0 Å². The van der Waals surface area contributed by atoms with Crippen LogP contribution in [0.3, 0.4) is 0 Å². The van der Waals surface area contributed by atoms with Crippen LogP contribution in [0.4, 0.5) is 5.69 Å². The van der Waals surface area contributed by atoms with Gasteiger partial charge in [-0.2, -0.15) is 0 Å². The van der Waals surface area contributed by atoms with Crippen LogP contribution in [0.1, 0.15) is 12.5 Å². The van der Waals surface area contributed by atoms with E-state index in [-0.39, 0.29) is 5.63 Å². The lowest BCUT2D eigenvalue weighted by Crippen LogP contribution is -2.06. The third kappa shape index (κ3) is 1.61. The van der Waals surface area contributed by atoms with Crippen LogP contribution in [-0.2, 0) is 6.42 Å². The van der Waals surface area contributed by atoms with Gasteiger partial charge in [0.25, 0.3) is 0 Å². The lowest BCUT2D eigenvalue weighted by Gasteiger charge is -2.04. The van der Waals surface area contributed by atoms with Crippen LogP contribution in [0, 0.1) is 0 Å². The zero-order chi connectivity index (χ0) is 10.8. The fourth-order valence-corrected chi connectivity index (χ4v) is 1.63. The molecular weight excluding hydrogens is 190 g/mol. The molecule has 0 saturated heterocycles. The summed E-state index contributed by atoms with van der Waals surface area (Å²) in [7, 11) is 1.81. The lowest BCUT2D eigenvalue weighted by molar-refractivity contribution is 0.552.